The molecule has 0 radical (unpaired) electrons. The summed E-state index contributed by atoms with van der Waals surface area (Å²) in [5, 5.41) is 8.07. The van der Waals surface area contributed by atoms with E-state index in [2.05, 4.69) is 13.8 Å². The molecule has 0 saturated heterocycles. The monoisotopic (exact) mass is 472 g/mol. The van der Waals surface area contributed by atoms with Gasteiger partial charge in [0.1, 0.15) is 0 Å². The molecule has 0 aliphatic carbocycles. The van der Waals surface area contributed by atoms with Crippen LogP contribution in [0.15, 0.2) is 0 Å². The lowest BCUT2D eigenvalue weighted by molar-refractivity contribution is -0.159. The first-order valence-electron chi connectivity index (χ1n) is 14.0. The Morgan fingerprint density at radius 3 is 1.15 bits per heavy atom. The molecule has 198 valence electrons. The van der Waals surface area contributed by atoms with Crippen molar-refractivity contribution in [2.45, 2.75) is 149 Å². The first kappa shape index (κ1) is 34.2. The minimum atomic E-state index is -0.334. The molecule has 0 fully saturated rings. The van der Waals surface area contributed by atoms with Crippen LogP contribution in [0.3, 0.4) is 0 Å². The number of aliphatic hydroxyl groups excluding tert-OH is 1. The largest absolute Gasteiger partial charge is 0.394 e. The first-order valence-corrected chi connectivity index (χ1v) is 14.0. The van der Waals surface area contributed by atoms with Crippen LogP contribution in [0.5, 0.6) is 0 Å². The van der Waals surface area contributed by atoms with E-state index < -0.39 is 0 Å². The van der Waals surface area contributed by atoms with Gasteiger partial charge in [0.15, 0.2) is 0 Å². The third-order valence-electron chi connectivity index (χ3n) is 5.64. The lowest BCUT2D eigenvalue weighted by Gasteiger charge is -2.04. The lowest BCUT2D eigenvalue weighted by atomic mass is 10.1. The van der Waals surface area contributed by atoms with Gasteiger partial charge in [0, 0.05) is 19.4 Å². The minimum absolute atomic E-state index is 0.133. The van der Waals surface area contributed by atoms with Gasteiger partial charge >= 0.3 is 11.9 Å². The first-order chi connectivity index (χ1) is 16.1. The van der Waals surface area contributed by atoms with Crippen LogP contribution in [0, 0.1) is 0 Å². The van der Waals surface area contributed by atoms with E-state index in [4.69, 9.17) is 14.6 Å². The van der Waals surface area contributed by atoms with Crippen molar-refractivity contribution in [3.63, 3.8) is 0 Å². The predicted molar refractivity (Wildman–Crippen MR) is 138 cm³/mol. The van der Waals surface area contributed by atoms with E-state index in [1.165, 1.54) is 89.9 Å². The van der Waals surface area contributed by atoms with Gasteiger partial charge in [0.25, 0.3) is 0 Å². The lowest BCUT2D eigenvalue weighted by Crippen LogP contribution is -2.11. The minimum Gasteiger partial charge on any atom is -0.394 e. The van der Waals surface area contributed by atoms with Gasteiger partial charge < -0.3 is 14.6 Å². The number of unbranched alkanes of at least 4 members (excludes halogenated alkanes) is 16. The van der Waals surface area contributed by atoms with E-state index in [0.29, 0.717) is 26.1 Å². The molecule has 0 aromatic heterocycles. The van der Waals surface area contributed by atoms with Crippen LogP contribution < -0.4 is 0 Å². The van der Waals surface area contributed by atoms with Crippen molar-refractivity contribution in [1.82, 2.24) is 0 Å². The Morgan fingerprint density at radius 2 is 0.879 bits per heavy atom. The Hall–Kier alpha value is -0.940. The molecule has 5 heteroatoms. The van der Waals surface area contributed by atoms with Crippen LogP contribution in [-0.2, 0) is 19.1 Å². The average molecular weight is 473 g/mol. The van der Waals surface area contributed by atoms with E-state index in [1.54, 1.807) is 0 Å². The molecule has 1 N–H and O–H groups in total. The number of aliphatic hydroxyl groups is 1. The summed E-state index contributed by atoms with van der Waals surface area (Å²) in [6.07, 6.45) is 22.8. The predicted octanol–water partition coefficient (Wildman–Crippen LogP) is 7.91. The van der Waals surface area contributed by atoms with Crippen molar-refractivity contribution >= 4 is 11.9 Å². The summed E-state index contributed by atoms with van der Waals surface area (Å²) in [7, 11) is 0. The molecule has 0 aliphatic rings. The Bertz CT molecular complexity index is 362. The van der Waals surface area contributed by atoms with Gasteiger partial charge in [-0.2, -0.15) is 0 Å². The highest BCUT2D eigenvalue weighted by Crippen LogP contribution is 2.12. The number of ether oxygens (including phenoxy) is 2. The number of carbonyl (C=O) groups excluding carboxylic acids is 2. The molecule has 33 heavy (non-hydrogen) atoms. The summed E-state index contributed by atoms with van der Waals surface area (Å²) >= 11 is 0. The van der Waals surface area contributed by atoms with Gasteiger partial charge in [0.05, 0.1) is 13.2 Å². The summed E-state index contributed by atoms with van der Waals surface area (Å²) in [6.45, 7) is 7.67. The van der Waals surface area contributed by atoms with Crippen LogP contribution in [0.25, 0.3) is 0 Å². The van der Waals surface area contributed by atoms with Gasteiger partial charge in [-0.25, -0.2) is 0 Å². The van der Waals surface area contributed by atoms with Crippen molar-refractivity contribution in [1.29, 1.82) is 0 Å². The Morgan fingerprint density at radius 1 is 0.545 bits per heavy atom. The van der Waals surface area contributed by atoms with Crippen molar-refractivity contribution in [2.75, 3.05) is 19.8 Å². The van der Waals surface area contributed by atoms with E-state index >= 15 is 0 Å². The SMILES string of the molecule is CCCCCCCCCCCC(=O)OC(=O)CCCCCCCCCCC.CCOCCO. The third-order valence-corrected chi connectivity index (χ3v) is 5.64. The molecule has 0 amide bonds. The fourth-order valence-electron chi connectivity index (χ4n) is 3.60. The number of hydrogen-bond acceptors (Lipinski definition) is 5. The number of carbonyl (C=O) groups is 2. The summed E-state index contributed by atoms with van der Waals surface area (Å²) < 4.78 is 9.65. The highest BCUT2D eigenvalue weighted by molar-refractivity contribution is 5.85. The van der Waals surface area contributed by atoms with Crippen molar-refractivity contribution < 1.29 is 24.2 Å². The fraction of sp³-hybridized carbons (Fsp3) is 0.929. The standard InChI is InChI=1S/C24H46O3.C4H10O2/c1-3-5-7-9-11-13-15-17-19-21-23(25)27-24(26)22-20-18-16-14-12-10-8-6-4-2;1-2-6-4-3-5/h3-22H2,1-2H3;5H,2-4H2,1H3. The third kappa shape index (κ3) is 33.3. The molecular formula is C28H56O5. The number of esters is 2. The summed E-state index contributed by atoms with van der Waals surface area (Å²) in [6, 6.07) is 0. The van der Waals surface area contributed by atoms with Gasteiger partial charge in [-0.15, -0.1) is 0 Å². The normalized spacial score (nSPS) is 10.5. The van der Waals surface area contributed by atoms with E-state index in [1.807, 2.05) is 6.92 Å². The summed E-state index contributed by atoms with van der Waals surface area (Å²) in [5.74, 6) is -0.669. The molecule has 0 heterocycles. The molecule has 0 atom stereocenters. The van der Waals surface area contributed by atoms with Crippen LogP contribution in [0.1, 0.15) is 149 Å². The molecule has 0 bridgehead atoms. The molecule has 0 aliphatic heterocycles. The Labute approximate surface area is 205 Å². The zero-order valence-corrected chi connectivity index (χ0v) is 22.3. The molecule has 0 aromatic carbocycles. The highest BCUT2D eigenvalue weighted by Gasteiger charge is 2.09. The van der Waals surface area contributed by atoms with Crippen molar-refractivity contribution in [3.8, 4) is 0 Å². The fourth-order valence-corrected chi connectivity index (χ4v) is 3.60. The molecule has 0 rings (SSSR count). The maximum atomic E-state index is 11.7. The van der Waals surface area contributed by atoms with Crippen molar-refractivity contribution in [2.24, 2.45) is 0 Å². The molecule has 0 unspecified atom stereocenters. The number of rotatable bonds is 23. The topological polar surface area (TPSA) is 72.8 Å². The van der Waals surface area contributed by atoms with Crippen LogP contribution in [0.2, 0.25) is 0 Å². The van der Waals surface area contributed by atoms with Crippen LogP contribution in [-0.4, -0.2) is 36.9 Å². The second-order valence-electron chi connectivity index (χ2n) is 8.92. The maximum Gasteiger partial charge on any atom is 0.313 e. The average Bonchev–Trinajstić information content (AvgIpc) is 2.81. The smallest absolute Gasteiger partial charge is 0.313 e. The molecule has 0 spiro atoms. The summed E-state index contributed by atoms with van der Waals surface area (Å²) in [4.78, 5) is 23.4. The van der Waals surface area contributed by atoms with E-state index in [9.17, 15) is 9.59 Å². The van der Waals surface area contributed by atoms with Gasteiger partial charge in [-0.05, 0) is 19.8 Å². The maximum absolute atomic E-state index is 11.7. The zero-order valence-electron chi connectivity index (χ0n) is 22.3. The van der Waals surface area contributed by atoms with Crippen LogP contribution >= 0.6 is 0 Å². The quantitative estimate of drug-likeness (QED) is 0.0929. The van der Waals surface area contributed by atoms with Gasteiger partial charge in [-0.1, -0.05) is 117 Å². The zero-order chi connectivity index (χ0) is 24.8. The van der Waals surface area contributed by atoms with E-state index in [-0.39, 0.29) is 18.5 Å². The molecular weight excluding hydrogens is 416 g/mol. The van der Waals surface area contributed by atoms with Crippen molar-refractivity contribution in [3.05, 3.63) is 0 Å². The second-order valence-corrected chi connectivity index (χ2v) is 8.92. The van der Waals surface area contributed by atoms with E-state index in [0.717, 1.165) is 25.7 Å². The molecule has 0 saturated carbocycles. The van der Waals surface area contributed by atoms with Gasteiger partial charge in [-0.3, -0.25) is 9.59 Å². The van der Waals surface area contributed by atoms with Crippen LogP contribution in [0.4, 0.5) is 0 Å². The Kier molecular flexibility index (Phi) is 32.2. The molecule has 0 aromatic rings. The highest BCUT2D eigenvalue weighted by atomic mass is 16.6. The van der Waals surface area contributed by atoms with Gasteiger partial charge in [0.2, 0.25) is 0 Å². The number of hydrogen-bond donors (Lipinski definition) is 1. The molecule has 5 nitrogen and oxygen atoms in total. The summed E-state index contributed by atoms with van der Waals surface area (Å²) in [5.41, 5.74) is 0. The Balaban J connectivity index is 0. The second kappa shape index (κ2) is 31.1.